The van der Waals surface area contributed by atoms with Gasteiger partial charge in [-0.15, -0.1) is 0 Å². The molecule has 13 heavy (non-hydrogen) atoms. The summed E-state index contributed by atoms with van der Waals surface area (Å²) in [4.78, 5) is 15.8. The lowest BCUT2D eigenvalue weighted by Crippen LogP contribution is -2.04. The summed E-state index contributed by atoms with van der Waals surface area (Å²) < 4.78 is 0. The van der Waals surface area contributed by atoms with Crippen molar-refractivity contribution in [2.45, 2.75) is 12.8 Å². The predicted molar refractivity (Wildman–Crippen MR) is 51.4 cm³/mol. The molecule has 1 aliphatic rings. The second-order valence-electron chi connectivity index (χ2n) is 3.29. The number of nitrogens with zero attached hydrogens (tertiary/aromatic N) is 1. The maximum absolute atomic E-state index is 11.6. The van der Waals surface area contributed by atoms with Gasteiger partial charge in [0.15, 0.2) is 5.78 Å². The van der Waals surface area contributed by atoms with Crippen LogP contribution in [0.5, 0.6) is 0 Å². The molecule has 1 heterocycles. The second-order valence-corrected chi connectivity index (χ2v) is 3.29. The Labute approximate surface area is 77.3 Å². The zero-order chi connectivity index (χ0) is 9.26. The highest BCUT2D eigenvalue weighted by Gasteiger charge is 2.31. The van der Waals surface area contributed by atoms with Crippen LogP contribution in [0.1, 0.15) is 29.0 Å². The molecule has 0 N–H and O–H groups in total. The third-order valence-corrected chi connectivity index (χ3v) is 2.18. The van der Waals surface area contributed by atoms with E-state index in [1.807, 2.05) is 12.1 Å². The van der Waals surface area contributed by atoms with E-state index >= 15 is 0 Å². The average molecular weight is 173 g/mol. The van der Waals surface area contributed by atoms with Crippen LogP contribution in [0.2, 0.25) is 0 Å². The predicted octanol–water partition coefficient (Wildman–Crippen LogP) is 2.32. The van der Waals surface area contributed by atoms with Crippen LogP contribution < -0.4 is 0 Å². The van der Waals surface area contributed by atoms with Crippen LogP contribution in [0.25, 0.3) is 6.08 Å². The van der Waals surface area contributed by atoms with Gasteiger partial charge in [-0.3, -0.25) is 4.79 Å². The van der Waals surface area contributed by atoms with Crippen LogP contribution >= 0.6 is 0 Å². The molecule has 0 radical (unpaired) electrons. The van der Waals surface area contributed by atoms with Crippen molar-refractivity contribution in [3.8, 4) is 0 Å². The van der Waals surface area contributed by atoms with Crippen molar-refractivity contribution in [1.29, 1.82) is 0 Å². The van der Waals surface area contributed by atoms with Crippen LogP contribution in [0.15, 0.2) is 24.8 Å². The Hall–Kier alpha value is -1.44. The lowest BCUT2D eigenvalue weighted by molar-refractivity contribution is 0.0962. The number of aromatic nitrogens is 1. The van der Waals surface area contributed by atoms with Gasteiger partial charge in [-0.2, -0.15) is 0 Å². The Bertz CT molecular complexity index is 353. The largest absolute Gasteiger partial charge is 0.292 e. The maximum Gasteiger partial charge on any atom is 0.184 e. The molecule has 1 fully saturated rings. The fourth-order valence-electron chi connectivity index (χ4n) is 1.26. The minimum absolute atomic E-state index is 0.184. The Morgan fingerprint density at radius 1 is 1.54 bits per heavy atom. The third-order valence-electron chi connectivity index (χ3n) is 2.18. The van der Waals surface area contributed by atoms with E-state index in [9.17, 15) is 4.79 Å². The van der Waals surface area contributed by atoms with E-state index in [4.69, 9.17) is 0 Å². The highest BCUT2D eigenvalue weighted by molar-refractivity contribution is 5.97. The fourth-order valence-corrected chi connectivity index (χ4v) is 1.26. The lowest BCUT2D eigenvalue weighted by Gasteiger charge is -1.98. The molecule has 0 spiro atoms. The lowest BCUT2D eigenvalue weighted by atomic mass is 10.1. The Balaban J connectivity index is 2.28. The molecule has 0 amide bonds. The highest BCUT2D eigenvalue weighted by Crippen LogP contribution is 2.32. The van der Waals surface area contributed by atoms with Crippen LogP contribution in [-0.2, 0) is 0 Å². The summed E-state index contributed by atoms with van der Waals surface area (Å²) in [7, 11) is 0. The monoisotopic (exact) mass is 173 g/mol. The van der Waals surface area contributed by atoms with Crippen molar-refractivity contribution < 1.29 is 4.79 Å². The van der Waals surface area contributed by atoms with Crippen LogP contribution in [0.4, 0.5) is 0 Å². The van der Waals surface area contributed by atoms with Crippen molar-refractivity contribution in [2.24, 2.45) is 5.92 Å². The quantitative estimate of drug-likeness (QED) is 0.656. The third kappa shape index (κ3) is 1.66. The first-order chi connectivity index (χ1) is 6.31. The number of hydrogen-bond acceptors (Lipinski definition) is 2. The molecule has 0 bridgehead atoms. The standard InChI is InChI=1S/C11H11NO/c1-2-9-4-3-5-10(12-9)11(13)8-6-7-8/h2-5,8H,1,6-7H2. The molecule has 2 rings (SSSR count). The molecule has 2 heteroatoms. The van der Waals surface area contributed by atoms with Crippen molar-refractivity contribution in [1.82, 2.24) is 4.98 Å². The molecule has 2 nitrogen and oxygen atoms in total. The summed E-state index contributed by atoms with van der Waals surface area (Å²) in [5.41, 5.74) is 1.35. The van der Waals surface area contributed by atoms with Crippen LogP contribution in [-0.4, -0.2) is 10.8 Å². The van der Waals surface area contributed by atoms with Gasteiger partial charge in [-0.05, 0) is 31.1 Å². The van der Waals surface area contributed by atoms with Crippen molar-refractivity contribution in [3.05, 3.63) is 36.2 Å². The first-order valence-corrected chi connectivity index (χ1v) is 4.45. The number of carbonyl (C=O) groups is 1. The summed E-state index contributed by atoms with van der Waals surface area (Å²) in [5, 5.41) is 0. The van der Waals surface area contributed by atoms with E-state index in [-0.39, 0.29) is 11.7 Å². The molecular weight excluding hydrogens is 162 g/mol. The topological polar surface area (TPSA) is 30.0 Å². The van der Waals surface area contributed by atoms with Crippen LogP contribution in [0, 0.1) is 5.92 Å². The first kappa shape index (κ1) is 8.17. The van der Waals surface area contributed by atoms with E-state index in [0.29, 0.717) is 5.69 Å². The summed E-state index contributed by atoms with van der Waals surface area (Å²) in [6.45, 7) is 3.62. The zero-order valence-electron chi connectivity index (χ0n) is 7.36. The van der Waals surface area contributed by atoms with Gasteiger partial charge in [0.2, 0.25) is 0 Å². The Morgan fingerprint density at radius 3 is 2.92 bits per heavy atom. The molecule has 1 saturated carbocycles. The van der Waals surface area contributed by atoms with E-state index < -0.39 is 0 Å². The van der Waals surface area contributed by atoms with Gasteiger partial charge in [0.05, 0.1) is 5.69 Å². The van der Waals surface area contributed by atoms with E-state index in [1.165, 1.54) is 0 Å². The van der Waals surface area contributed by atoms with Gasteiger partial charge < -0.3 is 0 Å². The van der Waals surface area contributed by atoms with Gasteiger partial charge in [-0.1, -0.05) is 12.6 Å². The molecule has 0 aromatic carbocycles. The minimum atomic E-state index is 0.184. The molecule has 0 atom stereocenters. The van der Waals surface area contributed by atoms with E-state index in [1.54, 1.807) is 12.1 Å². The fraction of sp³-hybridized carbons (Fsp3) is 0.273. The van der Waals surface area contributed by atoms with Crippen molar-refractivity contribution in [3.63, 3.8) is 0 Å². The molecule has 66 valence electrons. The van der Waals surface area contributed by atoms with Crippen LogP contribution in [0.3, 0.4) is 0 Å². The molecular formula is C11H11NO. The van der Waals surface area contributed by atoms with E-state index in [2.05, 4.69) is 11.6 Å². The Kier molecular flexibility index (Phi) is 1.97. The number of rotatable bonds is 3. The summed E-state index contributed by atoms with van der Waals surface area (Å²) in [5.74, 6) is 0.427. The first-order valence-electron chi connectivity index (χ1n) is 4.45. The van der Waals surface area contributed by atoms with Gasteiger partial charge in [-0.25, -0.2) is 4.98 Å². The SMILES string of the molecule is C=Cc1cccc(C(=O)C2CC2)n1. The van der Waals surface area contributed by atoms with Gasteiger partial charge in [0.1, 0.15) is 5.69 Å². The van der Waals surface area contributed by atoms with E-state index in [0.717, 1.165) is 18.5 Å². The van der Waals surface area contributed by atoms with Gasteiger partial charge in [0, 0.05) is 5.92 Å². The van der Waals surface area contributed by atoms with Gasteiger partial charge in [0.25, 0.3) is 0 Å². The van der Waals surface area contributed by atoms with Crippen molar-refractivity contribution >= 4 is 11.9 Å². The summed E-state index contributed by atoms with van der Waals surface area (Å²) >= 11 is 0. The number of Topliss-reactive ketones (excluding diaryl/α,β-unsaturated/α-hetero) is 1. The number of carbonyl (C=O) groups excluding carboxylic acids is 1. The molecule has 0 aliphatic heterocycles. The average Bonchev–Trinajstić information content (AvgIpc) is 3.00. The number of hydrogen-bond donors (Lipinski definition) is 0. The minimum Gasteiger partial charge on any atom is -0.292 e. The number of ketones is 1. The van der Waals surface area contributed by atoms with Crippen molar-refractivity contribution in [2.75, 3.05) is 0 Å². The molecule has 0 unspecified atom stereocenters. The molecule has 1 aromatic rings. The highest BCUT2D eigenvalue weighted by atomic mass is 16.1. The Morgan fingerprint density at radius 2 is 2.31 bits per heavy atom. The normalized spacial score (nSPS) is 15.4. The maximum atomic E-state index is 11.6. The summed E-state index contributed by atoms with van der Waals surface area (Å²) in [6, 6.07) is 5.46. The summed E-state index contributed by atoms with van der Waals surface area (Å²) in [6.07, 6.45) is 3.71. The smallest absolute Gasteiger partial charge is 0.184 e. The van der Waals surface area contributed by atoms with Gasteiger partial charge >= 0.3 is 0 Å². The molecule has 0 saturated heterocycles. The second kappa shape index (κ2) is 3.13. The molecule has 1 aliphatic carbocycles. The zero-order valence-corrected chi connectivity index (χ0v) is 7.36. The number of pyridine rings is 1. The molecule has 1 aromatic heterocycles.